The summed E-state index contributed by atoms with van der Waals surface area (Å²) in [5.41, 5.74) is 2.40. The van der Waals surface area contributed by atoms with Crippen LogP contribution in [0.25, 0.3) is 11.3 Å². The minimum atomic E-state index is -0.273. The SMILES string of the molecule is Fc1ccc(-c2ncc(Cl)cc2CCl)cc1. The first kappa shape index (κ1) is 11.4. The van der Waals surface area contributed by atoms with Crippen LogP contribution in [-0.4, -0.2) is 4.98 Å². The molecule has 0 spiro atoms. The zero-order valence-electron chi connectivity index (χ0n) is 8.25. The van der Waals surface area contributed by atoms with Crippen molar-refractivity contribution in [1.82, 2.24) is 4.98 Å². The van der Waals surface area contributed by atoms with Crippen LogP contribution in [0, 0.1) is 5.82 Å². The summed E-state index contributed by atoms with van der Waals surface area (Å²) in [6, 6.07) is 7.89. The molecule has 0 saturated carbocycles. The van der Waals surface area contributed by atoms with Gasteiger partial charge in [-0.05, 0) is 35.9 Å². The van der Waals surface area contributed by atoms with Crippen LogP contribution in [0.1, 0.15) is 5.56 Å². The molecular weight excluding hydrogens is 248 g/mol. The number of halogens is 3. The summed E-state index contributed by atoms with van der Waals surface area (Å²) in [6.07, 6.45) is 1.55. The molecule has 82 valence electrons. The Labute approximate surface area is 103 Å². The van der Waals surface area contributed by atoms with Crippen molar-refractivity contribution in [2.24, 2.45) is 0 Å². The van der Waals surface area contributed by atoms with Crippen LogP contribution in [0.4, 0.5) is 4.39 Å². The second-order valence-corrected chi connectivity index (χ2v) is 4.01. The number of alkyl halides is 1. The molecule has 0 radical (unpaired) electrons. The van der Waals surface area contributed by atoms with Gasteiger partial charge in [-0.15, -0.1) is 11.6 Å². The molecule has 1 aromatic carbocycles. The van der Waals surface area contributed by atoms with Crippen LogP contribution in [0.15, 0.2) is 36.5 Å². The molecule has 16 heavy (non-hydrogen) atoms. The molecule has 0 aliphatic carbocycles. The summed E-state index contributed by atoms with van der Waals surface area (Å²) < 4.78 is 12.8. The lowest BCUT2D eigenvalue weighted by Gasteiger charge is -2.06. The van der Waals surface area contributed by atoms with Gasteiger partial charge in [-0.25, -0.2) is 4.39 Å². The summed E-state index contributed by atoms with van der Waals surface area (Å²) in [5.74, 6) is 0.0467. The van der Waals surface area contributed by atoms with Gasteiger partial charge in [-0.3, -0.25) is 4.98 Å². The molecule has 4 heteroatoms. The van der Waals surface area contributed by atoms with Crippen LogP contribution in [-0.2, 0) is 5.88 Å². The molecule has 0 aliphatic heterocycles. The molecule has 1 aromatic heterocycles. The third-order valence-electron chi connectivity index (χ3n) is 2.19. The maximum atomic E-state index is 12.8. The smallest absolute Gasteiger partial charge is 0.123 e. The highest BCUT2D eigenvalue weighted by Gasteiger charge is 2.06. The van der Waals surface area contributed by atoms with Gasteiger partial charge in [0.05, 0.1) is 10.7 Å². The van der Waals surface area contributed by atoms with Crippen molar-refractivity contribution < 1.29 is 4.39 Å². The van der Waals surface area contributed by atoms with Gasteiger partial charge in [0.1, 0.15) is 5.82 Å². The van der Waals surface area contributed by atoms with E-state index in [1.807, 2.05) is 0 Å². The van der Waals surface area contributed by atoms with Gasteiger partial charge in [-0.1, -0.05) is 11.6 Å². The van der Waals surface area contributed by atoms with Crippen molar-refractivity contribution in [2.75, 3.05) is 0 Å². The Morgan fingerprint density at radius 1 is 1.19 bits per heavy atom. The van der Waals surface area contributed by atoms with E-state index < -0.39 is 0 Å². The fraction of sp³-hybridized carbons (Fsp3) is 0.0833. The number of benzene rings is 1. The lowest BCUT2D eigenvalue weighted by Crippen LogP contribution is -1.91. The Hall–Kier alpha value is -1.12. The second kappa shape index (κ2) is 4.81. The van der Waals surface area contributed by atoms with Crippen LogP contribution in [0.2, 0.25) is 5.02 Å². The normalized spacial score (nSPS) is 10.4. The van der Waals surface area contributed by atoms with E-state index in [0.29, 0.717) is 10.9 Å². The molecule has 0 saturated heterocycles. The maximum absolute atomic E-state index is 12.8. The first-order valence-electron chi connectivity index (χ1n) is 4.67. The van der Waals surface area contributed by atoms with Crippen molar-refractivity contribution in [2.45, 2.75) is 5.88 Å². The highest BCUT2D eigenvalue weighted by molar-refractivity contribution is 6.30. The standard InChI is InChI=1S/C12H8Cl2FN/c13-6-9-5-10(14)7-16-12(9)8-1-3-11(15)4-2-8/h1-5,7H,6H2. The van der Waals surface area contributed by atoms with Crippen molar-refractivity contribution in [3.8, 4) is 11.3 Å². The van der Waals surface area contributed by atoms with Crippen molar-refractivity contribution in [3.63, 3.8) is 0 Å². The third-order valence-corrected chi connectivity index (χ3v) is 2.69. The topological polar surface area (TPSA) is 12.9 Å². The van der Waals surface area contributed by atoms with Crippen LogP contribution >= 0.6 is 23.2 Å². The predicted octanol–water partition coefficient (Wildman–Crippen LogP) is 4.28. The number of hydrogen-bond acceptors (Lipinski definition) is 1. The Bertz CT molecular complexity index is 497. The predicted molar refractivity (Wildman–Crippen MR) is 64.2 cm³/mol. The van der Waals surface area contributed by atoms with E-state index in [2.05, 4.69) is 4.98 Å². The summed E-state index contributed by atoms with van der Waals surface area (Å²) in [4.78, 5) is 4.21. The van der Waals surface area contributed by atoms with Gasteiger partial charge in [0.25, 0.3) is 0 Å². The maximum Gasteiger partial charge on any atom is 0.123 e. The van der Waals surface area contributed by atoms with E-state index in [1.54, 1.807) is 24.4 Å². The number of pyridine rings is 1. The van der Waals surface area contributed by atoms with E-state index in [9.17, 15) is 4.39 Å². The van der Waals surface area contributed by atoms with Gasteiger partial charge in [0.15, 0.2) is 0 Å². The molecule has 0 aliphatic rings. The van der Waals surface area contributed by atoms with E-state index in [1.165, 1.54) is 12.1 Å². The lowest BCUT2D eigenvalue weighted by atomic mass is 10.1. The second-order valence-electron chi connectivity index (χ2n) is 3.30. The number of aromatic nitrogens is 1. The third kappa shape index (κ3) is 2.34. The number of rotatable bonds is 2. The van der Waals surface area contributed by atoms with E-state index >= 15 is 0 Å². The number of hydrogen-bond donors (Lipinski definition) is 0. The first-order valence-corrected chi connectivity index (χ1v) is 5.58. The van der Waals surface area contributed by atoms with Crippen molar-refractivity contribution in [3.05, 3.63) is 52.9 Å². The Kier molecular flexibility index (Phi) is 3.42. The van der Waals surface area contributed by atoms with Crippen molar-refractivity contribution >= 4 is 23.2 Å². The molecule has 0 atom stereocenters. The molecule has 1 heterocycles. The molecule has 1 nitrogen and oxygen atoms in total. The Balaban J connectivity index is 2.51. The quantitative estimate of drug-likeness (QED) is 0.731. The van der Waals surface area contributed by atoms with Gasteiger partial charge in [-0.2, -0.15) is 0 Å². The molecule has 0 amide bonds. The molecule has 2 aromatic rings. The largest absolute Gasteiger partial charge is 0.254 e. The first-order chi connectivity index (χ1) is 7.70. The molecule has 2 rings (SSSR count). The molecule has 0 unspecified atom stereocenters. The molecule has 0 bridgehead atoms. The fourth-order valence-electron chi connectivity index (χ4n) is 1.45. The highest BCUT2D eigenvalue weighted by atomic mass is 35.5. The monoisotopic (exact) mass is 255 g/mol. The van der Waals surface area contributed by atoms with Crippen molar-refractivity contribution in [1.29, 1.82) is 0 Å². The summed E-state index contributed by atoms with van der Waals surface area (Å²) in [5, 5.41) is 0.543. The van der Waals surface area contributed by atoms with Crippen LogP contribution in [0.3, 0.4) is 0 Å². The highest BCUT2D eigenvalue weighted by Crippen LogP contribution is 2.25. The minimum Gasteiger partial charge on any atom is -0.254 e. The zero-order valence-corrected chi connectivity index (χ0v) is 9.76. The van der Waals surface area contributed by atoms with Crippen LogP contribution in [0.5, 0.6) is 0 Å². The Morgan fingerprint density at radius 3 is 2.50 bits per heavy atom. The average molecular weight is 256 g/mol. The van der Waals surface area contributed by atoms with Gasteiger partial charge in [0.2, 0.25) is 0 Å². The molecular formula is C12H8Cl2FN. The average Bonchev–Trinajstić information content (AvgIpc) is 2.30. The van der Waals surface area contributed by atoms with E-state index in [-0.39, 0.29) is 5.82 Å². The molecule has 0 N–H and O–H groups in total. The molecule has 0 fully saturated rings. The zero-order chi connectivity index (χ0) is 11.5. The van der Waals surface area contributed by atoms with Gasteiger partial charge < -0.3 is 0 Å². The van der Waals surface area contributed by atoms with E-state index in [4.69, 9.17) is 23.2 Å². The summed E-state index contributed by atoms with van der Waals surface area (Å²) >= 11 is 11.6. The van der Waals surface area contributed by atoms with Gasteiger partial charge in [0, 0.05) is 17.6 Å². The van der Waals surface area contributed by atoms with Gasteiger partial charge >= 0.3 is 0 Å². The lowest BCUT2D eigenvalue weighted by molar-refractivity contribution is 0.628. The van der Waals surface area contributed by atoms with Crippen LogP contribution < -0.4 is 0 Å². The van der Waals surface area contributed by atoms with E-state index in [0.717, 1.165) is 16.8 Å². The number of nitrogens with zero attached hydrogens (tertiary/aromatic N) is 1. The summed E-state index contributed by atoms with van der Waals surface area (Å²) in [7, 11) is 0. The fourth-order valence-corrected chi connectivity index (χ4v) is 1.83. The minimum absolute atomic E-state index is 0.273. The summed E-state index contributed by atoms with van der Waals surface area (Å²) in [6.45, 7) is 0. The Morgan fingerprint density at radius 2 is 1.88 bits per heavy atom.